The molecule has 2 aromatic carbocycles. The third kappa shape index (κ3) is 2.66. The number of hydrogen-bond donors (Lipinski definition) is 0. The maximum absolute atomic E-state index is 4.57. The zero-order valence-corrected chi connectivity index (χ0v) is 14.6. The highest BCUT2D eigenvalue weighted by Gasteiger charge is 2.27. The zero-order chi connectivity index (χ0) is 17.4. The summed E-state index contributed by atoms with van der Waals surface area (Å²) in [5, 5.41) is 2.50. The van der Waals surface area contributed by atoms with E-state index in [4.69, 9.17) is 0 Å². The molecule has 4 rings (SSSR count). The number of aryl methyl sites for hydroxylation is 2. The van der Waals surface area contributed by atoms with Crippen molar-refractivity contribution in [1.82, 2.24) is 9.97 Å². The number of nitrogens with zero attached hydrogens (tertiary/aromatic N) is 4. The Morgan fingerprint density at radius 1 is 0.800 bits per heavy atom. The monoisotopic (exact) mass is 328 g/mol. The van der Waals surface area contributed by atoms with E-state index in [1.165, 1.54) is 21.9 Å². The molecule has 0 spiro atoms. The summed E-state index contributed by atoms with van der Waals surface area (Å²) in [7, 11) is 4.03. The maximum atomic E-state index is 4.57. The van der Waals surface area contributed by atoms with Crippen molar-refractivity contribution in [3.8, 4) is 22.9 Å². The number of rotatable bonds is 2. The van der Waals surface area contributed by atoms with Gasteiger partial charge in [0, 0.05) is 17.7 Å². The lowest BCUT2D eigenvalue weighted by atomic mass is 9.99. The van der Waals surface area contributed by atoms with E-state index in [1.54, 1.807) is 6.20 Å². The van der Waals surface area contributed by atoms with Gasteiger partial charge in [0.2, 0.25) is 0 Å². The molecule has 0 aliphatic carbocycles. The minimum absolute atomic E-state index is 0.838. The Labute approximate surface area is 147 Å². The molecule has 4 heteroatoms. The Morgan fingerprint density at radius 2 is 1.52 bits per heavy atom. The Balaban J connectivity index is 1.94. The molecule has 122 valence electrons. The van der Waals surface area contributed by atoms with Gasteiger partial charge in [0.1, 0.15) is 18.1 Å². The van der Waals surface area contributed by atoms with E-state index < -0.39 is 0 Å². The topological polar surface area (TPSA) is 33.5 Å². The van der Waals surface area contributed by atoms with Gasteiger partial charge in [-0.05, 0) is 39.3 Å². The van der Waals surface area contributed by atoms with Crippen molar-refractivity contribution in [2.75, 3.05) is 0 Å². The van der Waals surface area contributed by atoms with Gasteiger partial charge in [0.25, 0.3) is 0 Å². The summed E-state index contributed by atoms with van der Waals surface area (Å²) < 4.78 is 4.10. The standard InChI is InChI=1S/C21H20N4/c1-15-13-16-7-4-5-8-17(16)14-18(15)19-9-11-23-21(25(19)3)20-22-10-6-12-24(20)2/h4-14H,1-3H3/q+2. The van der Waals surface area contributed by atoms with Crippen LogP contribution in [0.15, 0.2) is 67.1 Å². The summed E-state index contributed by atoms with van der Waals surface area (Å²) in [5.41, 5.74) is 3.58. The minimum Gasteiger partial charge on any atom is -0.226 e. The van der Waals surface area contributed by atoms with Crippen molar-refractivity contribution >= 4 is 10.8 Å². The quantitative estimate of drug-likeness (QED) is 0.530. The van der Waals surface area contributed by atoms with Gasteiger partial charge in [-0.15, -0.1) is 0 Å². The lowest BCUT2D eigenvalue weighted by molar-refractivity contribution is -0.689. The third-order valence-corrected chi connectivity index (χ3v) is 4.60. The molecule has 4 nitrogen and oxygen atoms in total. The molecule has 2 aromatic heterocycles. The summed E-state index contributed by atoms with van der Waals surface area (Å²) in [6.45, 7) is 2.16. The van der Waals surface area contributed by atoms with Crippen molar-refractivity contribution in [2.24, 2.45) is 14.1 Å². The van der Waals surface area contributed by atoms with Crippen LogP contribution in [0.1, 0.15) is 5.56 Å². The molecule has 0 saturated carbocycles. The van der Waals surface area contributed by atoms with E-state index >= 15 is 0 Å². The Hall–Kier alpha value is -3.14. The van der Waals surface area contributed by atoms with Crippen LogP contribution in [0, 0.1) is 6.92 Å². The molecule has 0 bridgehead atoms. The molecule has 0 fully saturated rings. The van der Waals surface area contributed by atoms with Crippen LogP contribution >= 0.6 is 0 Å². The molecule has 0 radical (unpaired) electrons. The fourth-order valence-electron chi connectivity index (χ4n) is 3.26. The molecule has 0 N–H and O–H groups in total. The molecule has 0 amide bonds. The molecule has 0 aliphatic rings. The maximum Gasteiger partial charge on any atom is 0.418 e. The fourth-order valence-corrected chi connectivity index (χ4v) is 3.26. The van der Waals surface area contributed by atoms with Crippen LogP contribution in [0.3, 0.4) is 0 Å². The number of benzene rings is 2. The lowest BCUT2D eigenvalue weighted by Crippen LogP contribution is -2.41. The second-order valence-electron chi connectivity index (χ2n) is 6.28. The average molecular weight is 328 g/mol. The van der Waals surface area contributed by atoms with E-state index in [9.17, 15) is 0 Å². The van der Waals surface area contributed by atoms with Crippen LogP contribution in [0.2, 0.25) is 0 Å². The Morgan fingerprint density at radius 3 is 2.28 bits per heavy atom. The highest BCUT2D eigenvalue weighted by atomic mass is 15.1. The third-order valence-electron chi connectivity index (χ3n) is 4.60. The van der Waals surface area contributed by atoms with E-state index in [-0.39, 0.29) is 0 Å². The van der Waals surface area contributed by atoms with Gasteiger partial charge in [-0.25, -0.2) is 9.13 Å². The second kappa shape index (κ2) is 6.06. The summed E-state index contributed by atoms with van der Waals surface area (Å²) in [6.07, 6.45) is 5.64. The normalized spacial score (nSPS) is 11.0. The largest absolute Gasteiger partial charge is 0.418 e. The Bertz CT molecular complexity index is 1090. The fraction of sp³-hybridized carbons (Fsp3) is 0.143. The van der Waals surface area contributed by atoms with Gasteiger partial charge in [0.05, 0.1) is 20.3 Å². The van der Waals surface area contributed by atoms with Crippen molar-refractivity contribution in [3.05, 3.63) is 72.7 Å². The summed E-state index contributed by atoms with van der Waals surface area (Å²) in [6, 6.07) is 16.9. The lowest BCUT2D eigenvalue weighted by Gasteiger charge is -2.09. The summed E-state index contributed by atoms with van der Waals surface area (Å²) in [5.74, 6) is 1.68. The molecular weight excluding hydrogens is 308 g/mol. The minimum atomic E-state index is 0.838. The van der Waals surface area contributed by atoms with Crippen molar-refractivity contribution < 1.29 is 9.13 Å². The van der Waals surface area contributed by atoms with Gasteiger partial charge >= 0.3 is 11.6 Å². The van der Waals surface area contributed by atoms with Crippen LogP contribution in [-0.2, 0) is 14.1 Å². The first-order chi connectivity index (χ1) is 12.1. The highest BCUT2D eigenvalue weighted by Crippen LogP contribution is 2.26. The van der Waals surface area contributed by atoms with Crippen LogP contribution in [0.4, 0.5) is 0 Å². The van der Waals surface area contributed by atoms with Gasteiger partial charge in [-0.2, -0.15) is 0 Å². The van der Waals surface area contributed by atoms with Gasteiger partial charge < -0.3 is 0 Å². The molecular formula is C21H20N4+2. The summed E-state index contributed by atoms with van der Waals surface area (Å²) >= 11 is 0. The number of hydrogen-bond acceptors (Lipinski definition) is 2. The number of aromatic nitrogens is 4. The first-order valence-electron chi connectivity index (χ1n) is 8.31. The molecule has 25 heavy (non-hydrogen) atoms. The molecule has 2 heterocycles. The highest BCUT2D eigenvalue weighted by molar-refractivity contribution is 5.88. The van der Waals surface area contributed by atoms with Gasteiger partial charge in [0.15, 0.2) is 0 Å². The summed E-state index contributed by atoms with van der Waals surface area (Å²) in [4.78, 5) is 9.06. The SMILES string of the molecule is Cc1cc2ccccc2cc1-c1ccnc(-c2nccc[n+]2C)[n+]1C. The van der Waals surface area contributed by atoms with E-state index in [2.05, 4.69) is 63.9 Å². The molecule has 4 aromatic rings. The van der Waals surface area contributed by atoms with E-state index in [1.807, 2.05) is 37.1 Å². The molecule has 0 unspecified atom stereocenters. The number of fused-ring (bicyclic) bond motifs is 1. The average Bonchev–Trinajstić information content (AvgIpc) is 2.62. The smallest absolute Gasteiger partial charge is 0.226 e. The molecule has 0 saturated heterocycles. The van der Waals surface area contributed by atoms with E-state index in [0.717, 1.165) is 17.3 Å². The predicted octanol–water partition coefficient (Wildman–Crippen LogP) is 2.92. The van der Waals surface area contributed by atoms with Gasteiger partial charge in [-0.3, -0.25) is 0 Å². The molecule has 0 atom stereocenters. The predicted molar refractivity (Wildman–Crippen MR) is 97.5 cm³/mol. The second-order valence-corrected chi connectivity index (χ2v) is 6.28. The zero-order valence-electron chi connectivity index (χ0n) is 14.6. The van der Waals surface area contributed by atoms with Crippen LogP contribution < -0.4 is 9.13 Å². The van der Waals surface area contributed by atoms with Crippen molar-refractivity contribution in [2.45, 2.75) is 6.92 Å². The molecule has 0 aliphatic heterocycles. The van der Waals surface area contributed by atoms with Crippen molar-refractivity contribution in [1.29, 1.82) is 0 Å². The van der Waals surface area contributed by atoms with Crippen molar-refractivity contribution in [3.63, 3.8) is 0 Å². The van der Waals surface area contributed by atoms with Crippen LogP contribution in [0.5, 0.6) is 0 Å². The first kappa shape index (κ1) is 15.4. The van der Waals surface area contributed by atoms with Crippen LogP contribution in [0.25, 0.3) is 33.7 Å². The first-order valence-corrected chi connectivity index (χ1v) is 8.31. The van der Waals surface area contributed by atoms with Gasteiger partial charge in [-0.1, -0.05) is 30.3 Å². The van der Waals surface area contributed by atoms with E-state index in [0.29, 0.717) is 0 Å². The van der Waals surface area contributed by atoms with Crippen LogP contribution in [-0.4, -0.2) is 9.97 Å². The Kier molecular flexibility index (Phi) is 3.73.